The second-order valence-corrected chi connectivity index (χ2v) is 4.92. The average molecular weight is 346 g/mol. The highest BCUT2D eigenvalue weighted by atomic mass is 79.9. The van der Waals surface area contributed by atoms with Crippen molar-refractivity contribution in [3.63, 3.8) is 0 Å². The van der Waals surface area contributed by atoms with Crippen LogP contribution in [0.15, 0.2) is 35.3 Å². The number of halogens is 2. The summed E-state index contributed by atoms with van der Waals surface area (Å²) in [5, 5.41) is 11.6. The van der Waals surface area contributed by atoms with Gasteiger partial charge in [0, 0.05) is 10.0 Å². The second kappa shape index (κ2) is 6.51. The molecule has 1 amide bonds. The van der Waals surface area contributed by atoms with Gasteiger partial charge in [-0.15, -0.1) is 0 Å². The van der Waals surface area contributed by atoms with Crippen molar-refractivity contribution < 1.29 is 23.8 Å². The molecule has 0 saturated heterocycles. The van der Waals surface area contributed by atoms with E-state index in [0.717, 1.165) is 12.1 Å². The zero-order chi connectivity index (χ0) is 15.3. The summed E-state index contributed by atoms with van der Waals surface area (Å²) in [6, 6.07) is 3.51. The summed E-state index contributed by atoms with van der Waals surface area (Å²) in [5.74, 6) is -1.83. The molecule has 1 aromatic carbocycles. The van der Waals surface area contributed by atoms with Gasteiger partial charge in [-0.05, 0) is 19.1 Å². The summed E-state index contributed by atoms with van der Waals surface area (Å²) in [5.41, 5.74) is -1.56. The minimum atomic E-state index is -1.76. The van der Waals surface area contributed by atoms with Crippen LogP contribution in [-0.2, 0) is 15.1 Å². The number of carbonyl (C=O) groups excluding carboxylic acids is 1. The Morgan fingerprint density at radius 1 is 1.60 bits per heavy atom. The van der Waals surface area contributed by atoms with Gasteiger partial charge in [0.05, 0.1) is 0 Å². The summed E-state index contributed by atoms with van der Waals surface area (Å²) in [7, 11) is 0. The highest BCUT2D eigenvalue weighted by Crippen LogP contribution is 2.29. The molecule has 5 nitrogen and oxygen atoms in total. The van der Waals surface area contributed by atoms with Crippen molar-refractivity contribution in [3.8, 4) is 0 Å². The molecule has 0 aliphatic carbocycles. The Balaban J connectivity index is 3.11. The van der Waals surface area contributed by atoms with E-state index < -0.39 is 23.4 Å². The highest BCUT2D eigenvalue weighted by Gasteiger charge is 2.39. The number of amides is 1. The normalized spacial score (nSPS) is 13.2. The Labute approximate surface area is 123 Å². The number of hydrogen-bond donors (Lipinski definition) is 2. The molecule has 0 spiro atoms. The number of benzene rings is 1. The maximum Gasteiger partial charge on any atom is 0.408 e. The van der Waals surface area contributed by atoms with E-state index in [4.69, 9.17) is 4.74 Å². The number of rotatable bonds is 5. The lowest BCUT2D eigenvalue weighted by atomic mass is 9.92. The van der Waals surface area contributed by atoms with Crippen LogP contribution >= 0.6 is 15.9 Å². The number of hydrogen-bond acceptors (Lipinski definition) is 3. The molecular formula is C13H13BrFNO4. The zero-order valence-corrected chi connectivity index (χ0v) is 12.2. The molecule has 108 valence electrons. The molecular weight excluding hydrogens is 333 g/mol. The minimum absolute atomic E-state index is 0.0495. The Morgan fingerprint density at radius 2 is 2.25 bits per heavy atom. The third kappa shape index (κ3) is 3.57. The van der Waals surface area contributed by atoms with Gasteiger partial charge in [-0.1, -0.05) is 34.7 Å². The topological polar surface area (TPSA) is 75.6 Å². The lowest BCUT2D eigenvalue weighted by molar-refractivity contribution is -0.144. The van der Waals surface area contributed by atoms with Crippen LogP contribution in [0.3, 0.4) is 0 Å². The molecule has 0 bridgehead atoms. The van der Waals surface area contributed by atoms with Crippen molar-refractivity contribution in [3.05, 3.63) is 46.7 Å². The zero-order valence-electron chi connectivity index (χ0n) is 10.7. The first-order valence-corrected chi connectivity index (χ1v) is 6.35. The van der Waals surface area contributed by atoms with Gasteiger partial charge in [0.1, 0.15) is 12.4 Å². The monoisotopic (exact) mass is 345 g/mol. The predicted octanol–water partition coefficient (Wildman–Crippen LogP) is 2.80. The number of aliphatic carboxylic acids is 1. The van der Waals surface area contributed by atoms with E-state index in [-0.39, 0.29) is 16.6 Å². The molecule has 0 aliphatic heterocycles. The Bertz CT molecular complexity index is 549. The number of ether oxygens (including phenoxy) is 1. The molecule has 2 N–H and O–H groups in total. The van der Waals surface area contributed by atoms with Crippen LogP contribution in [-0.4, -0.2) is 23.8 Å². The van der Waals surface area contributed by atoms with Gasteiger partial charge in [0.2, 0.25) is 0 Å². The number of carboxylic acids is 1. The predicted molar refractivity (Wildman–Crippen MR) is 73.8 cm³/mol. The fourth-order valence-electron chi connectivity index (χ4n) is 1.51. The fourth-order valence-corrected chi connectivity index (χ4v) is 2.25. The summed E-state index contributed by atoms with van der Waals surface area (Å²) >= 11 is 3.08. The molecule has 1 aromatic rings. The lowest BCUT2D eigenvalue weighted by Crippen LogP contribution is -2.50. The second-order valence-electron chi connectivity index (χ2n) is 4.07. The van der Waals surface area contributed by atoms with Crippen LogP contribution in [0.5, 0.6) is 0 Å². The third-order valence-electron chi connectivity index (χ3n) is 2.58. The van der Waals surface area contributed by atoms with E-state index in [0.29, 0.717) is 0 Å². The Kier molecular flexibility index (Phi) is 5.26. The molecule has 0 aromatic heterocycles. The van der Waals surface area contributed by atoms with Crippen molar-refractivity contribution in [1.29, 1.82) is 0 Å². The molecule has 0 heterocycles. The van der Waals surface area contributed by atoms with E-state index >= 15 is 0 Å². The summed E-state index contributed by atoms with van der Waals surface area (Å²) in [4.78, 5) is 23.0. The average Bonchev–Trinajstić information content (AvgIpc) is 2.35. The number of alkyl carbamates (subject to hydrolysis) is 1. The summed E-state index contributed by atoms with van der Waals surface area (Å²) in [6.07, 6.45) is 0.442. The molecule has 1 unspecified atom stereocenters. The molecule has 1 atom stereocenters. The minimum Gasteiger partial charge on any atom is -0.479 e. The number of carboxylic acid groups (broad SMARTS) is 1. The maximum atomic E-state index is 13.1. The third-order valence-corrected chi connectivity index (χ3v) is 3.24. The van der Waals surface area contributed by atoms with Crippen molar-refractivity contribution in [2.75, 3.05) is 6.61 Å². The molecule has 1 rings (SSSR count). The van der Waals surface area contributed by atoms with Gasteiger partial charge in [-0.25, -0.2) is 14.0 Å². The van der Waals surface area contributed by atoms with E-state index in [9.17, 15) is 19.1 Å². The van der Waals surface area contributed by atoms with Gasteiger partial charge >= 0.3 is 12.1 Å². The quantitative estimate of drug-likeness (QED) is 0.804. The van der Waals surface area contributed by atoms with Crippen LogP contribution in [0.25, 0.3) is 0 Å². The van der Waals surface area contributed by atoms with E-state index in [2.05, 4.69) is 27.8 Å². The van der Waals surface area contributed by atoms with Gasteiger partial charge < -0.3 is 15.2 Å². The van der Waals surface area contributed by atoms with Crippen molar-refractivity contribution in [1.82, 2.24) is 5.32 Å². The number of carbonyl (C=O) groups is 2. The van der Waals surface area contributed by atoms with Crippen molar-refractivity contribution in [2.24, 2.45) is 0 Å². The highest BCUT2D eigenvalue weighted by molar-refractivity contribution is 9.10. The van der Waals surface area contributed by atoms with E-state index in [1.165, 1.54) is 19.1 Å². The van der Waals surface area contributed by atoms with Gasteiger partial charge in [-0.3, -0.25) is 0 Å². The SMILES string of the molecule is C=CCOC(=O)NC(C)(C(=O)O)c1ccc(F)cc1Br. The number of nitrogens with one attached hydrogen (secondary N) is 1. The first-order chi connectivity index (χ1) is 9.31. The van der Waals surface area contributed by atoms with E-state index in [1.807, 2.05) is 0 Å². The maximum absolute atomic E-state index is 13.1. The molecule has 7 heteroatoms. The van der Waals surface area contributed by atoms with Crippen molar-refractivity contribution >= 4 is 28.0 Å². The molecule has 0 aliphatic rings. The Hall–Kier alpha value is -1.89. The van der Waals surface area contributed by atoms with Gasteiger partial charge in [-0.2, -0.15) is 0 Å². The molecule has 20 heavy (non-hydrogen) atoms. The van der Waals surface area contributed by atoms with Crippen LogP contribution in [0.2, 0.25) is 0 Å². The van der Waals surface area contributed by atoms with Crippen molar-refractivity contribution in [2.45, 2.75) is 12.5 Å². The molecule has 0 radical (unpaired) electrons. The lowest BCUT2D eigenvalue weighted by Gasteiger charge is -2.27. The summed E-state index contributed by atoms with van der Waals surface area (Å²) < 4.78 is 18.0. The van der Waals surface area contributed by atoms with Crippen LogP contribution in [0, 0.1) is 5.82 Å². The first kappa shape index (κ1) is 16.2. The first-order valence-electron chi connectivity index (χ1n) is 5.56. The van der Waals surface area contributed by atoms with Gasteiger partial charge in [0.25, 0.3) is 0 Å². The fraction of sp³-hybridized carbons (Fsp3) is 0.231. The van der Waals surface area contributed by atoms with Crippen LogP contribution in [0.1, 0.15) is 12.5 Å². The Morgan fingerprint density at radius 3 is 2.75 bits per heavy atom. The summed E-state index contributed by atoms with van der Waals surface area (Å²) in [6.45, 7) is 4.61. The van der Waals surface area contributed by atoms with Gasteiger partial charge in [0.15, 0.2) is 5.54 Å². The van der Waals surface area contributed by atoms with E-state index in [1.54, 1.807) is 0 Å². The van der Waals surface area contributed by atoms with Crippen LogP contribution < -0.4 is 5.32 Å². The largest absolute Gasteiger partial charge is 0.479 e. The standard InChI is InChI=1S/C13H13BrFNO4/c1-3-6-20-12(19)16-13(2,11(17)18)9-5-4-8(15)7-10(9)14/h3-5,7H,1,6H2,2H3,(H,16,19)(H,17,18). The molecule has 0 fully saturated rings. The smallest absolute Gasteiger partial charge is 0.408 e. The van der Waals surface area contributed by atoms with Crippen LogP contribution in [0.4, 0.5) is 9.18 Å². The molecule has 0 saturated carbocycles.